The van der Waals surface area contributed by atoms with E-state index >= 15 is 0 Å². The summed E-state index contributed by atoms with van der Waals surface area (Å²) in [5.41, 5.74) is 5.40. The Hall–Kier alpha value is -2.46. The van der Waals surface area contributed by atoms with Gasteiger partial charge in [0.1, 0.15) is 5.82 Å². The maximum absolute atomic E-state index is 12.8. The summed E-state index contributed by atoms with van der Waals surface area (Å²) in [6.45, 7) is 8.50. The molecule has 2 aliphatic rings. The van der Waals surface area contributed by atoms with Crippen LogP contribution in [-0.4, -0.2) is 22.6 Å². The first-order valence-corrected chi connectivity index (χ1v) is 9.87. The van der Waals surface area contributed by atoms with Crippen molar-refractivity contribution < 1.29 is 0 Å². The van der Waals surface area contributed by atoms with E-state index in [2.05, 4.69) is 53.0 Å². The highest BCUT2D eigenvalue weighted by molar-refractivity contribution is 5.85. The van der Waals surface area contributed by atoms with E-state index in [1.54, 1.807) is 0 Å². The molecule has 2 aromatic carbocycles. The summed E-state index contributed by atoms with van der Waals surface area (Å²) in [7, 11) is 0. The smallest absolute Gasteiger partial charge is 0.281 e. The molecule has 5 rings (SSSR count). The molecule has 0 amide bonds. The lowest BCUT2D eigenvalue weighted by Gasteiger charge is -2.24. The first-order valence-electron chi connectivity index (χ1n) is 9.87. The van der Waals surface area contributed by atoms with Crippen LogP contribution in [0.1, 0.15) is 55.1 Å². The molecule has 0 spiro atoms. The van der Waals surface area contributed by atoms with Crippen LogP contribution in [0.3, 0.4) is 0 Å². The van der Waals surface area contributed by atoms with Crippen LogP contribution >= 0.6 is 0 Å². The molecular weight excluding hydrogens is 334 g/mol. The summed E-state index contributed by atoms with van der Waals surface area (Å²) in [5, 5.41) is 4.19. The first-order chi connectivity index (χ1) is 13.0. The van der Waals surface area contributed by atoms with Gasteiger partial charge in [-0.1, -0.05) is 24.3 Å². The molecule has 1 N–H and O–H groups in total. The fourth-order valence-electron chi connectivity index (χ4n) is 4.89. The van der Waals surface area contributed by atoms with Crippen LogP contribution < -0.4 is 10.9 Å². The van der Waals surface area contributed by atoms with Gasteiger partial charge in [-0.3, -0.25) is 9.36 Å². The average Bonchev–Trinajstić information content (AvgIpc) is 2.89. The molecule has 0 unspecified atom stereocenters. The lowest BCUT2D eigenvalue weighted by Crippen LogP contribution is -2.26. The van der Waals surface area contributed by atoms with Crippen LogP contribution in [0.25, 0.3) is 16.6 Å². The molecule has 27 heavy (non-hydrogen) atoms. The van der Waals surface area contributed by atoms with E-state index in [0.717, 1.165) is 35.4 Å². The van der Waals surface area contributed by atoms with Gasteiger partial charge in [0.05, 0.1) is 22.0 Å². The Balaban J connectivity index is 1.81. The Morgan fingerprint density at radius 3 is 2.70 bits per heavy atom. The van der Waals surface area contributed by atoms with Crippen LogP contribution in [0, 0.1) is 6.92 Å². The van der Waals surface area contributed by atoms with Crippen LogP contribution in [-0.2, 0) is 5.41 Å². The summed E-state index contributed by atoms with van der Waals surface area (Å²) in [5.74, 6) is 1.45. The summed E-state index contributed by atoms with van der Waals surface area (Å²) in [4.78, 5) is 17.3. The number of nitrogens with one attached hydrogen (secondary N) is 1. The van der Waals surface area contributed by atoms with E-state index in [4.69, 9.17) is 0 Å². The second-order valence-electron chi connectivity index (χ2n) is 8.47. The van der Waals surface area contributed by atoms with E-state index in [1.807, 2.05) is 19.1 Å². The minimum absolute atomic E-state index is 0.117. The maximum Gasteiger partial charge on any atom is 0.281 e. The summed E-state index contributed by atoms with van der Waals surface area (Å²) in [6.07, 6.45) is 2.36. The number of aryl methyl sites for hydroxylation is 1. The summed E-state index contributed by atoms with van der Waals surface area (Å²) >= 11 is 0. The van der Waals surface area contributed by atoms with E-state index < -0.39 is 0 Å². The second kappa shape index (κ2) is 5.77. The van der Waals surface area contributed by atoms with Gasteiger partial charge in [-0.05, 0) is 81.4 Å². The SMILES string of the molecule is Cc1cccc2c1c(=O)nc1n2-c2cc(C3CCNCC3)ccc2C1(C)C. The Kier molecular flexibility index (Phi) is 3.57. The van der Waals surface area contributed by atoms with Crippen molar-refractivity contribution in [3.05, 3.63) is 69.3 Å². The zero-order valence-electron chi connectivity index (χ0n) is 16.2. The Labute approximate surface area is 159 Å². The van der Waals surface area contributed by atoms with Gasteiger partial charge in [0.2, 0.25) is 0 Å². The largest absolute Gasteiger partial charge is 0.317 e. The van der Waals surface area contributed by atoms with E-state index in [0.29, 0.717) is 5.92 Å². The molecule has 4 heteroatoms. The molecule has 4 nitrogen and oxygen atoms in total. The lowest BCUT2D eigenvalue weighted by molar-refractivity contribution is 0.460. The molecule has 1 saturated heterocycles. The van der Waals surface area contributed by atoms with Crippen molar-refractivity contribution in [1.82, 2.24) is 14.9 Å². The molecular formula is C23H25N3O. The van der Waals surface area contributed by atoms with Crippen LogP contribution in [0.5, 0.6) is 0 Å². The molecule has 3 heterocycles. The highest BCUT2D eigenvalue weighted by Crippen LogP contribution is 2.44. The quantitative estimate of drug-likeness (QED) is 0.719. The molecule has 3 aromatic rings. The Morgan fingerprint density at radius 1 is 1.15 bits per heavy atom. The summed E-state index contributed by atoms with van der Waals surface area (Å²) in [6, 6.07) is 13.0. The third-order valence-corrected chi connectivity index (χ3v) is 6.43. The van der Waals surface area contributed by atoms with Crippen molar-refractivity contribution in [1.29, 1.82) is 0 Å². The van der Waals surface area contributed by atoms with Crippen LogP contribution in [0.4, 0.5) is 0 Å². The molecule has 0 aliphatic carbocycles. The van der Waals surface area contributed by atoms with E-state index in [9.17, 15) is 4.79 Å². The van der Waals surface area contributed by atoms with Crippen molar-refractivity contribution in [2.45, 2.75) is 44.9 Å². The zero-order valence-corrected chi connectivity index (χ0v) is 16.2. The van der Waals surface area contributed by atoms with Crippen molar-refractivity contribution >= 4 is 10.9 Å². The molecule has 0 saturated carbocycles. The molecule has 2 aliphatic heterocycles. The molecule has 0 atom stereocenters. The number of hydrogen-bond acceptors (Lipinski definition) is 3. The monoisotopic (exact) mass is 359 g/mol. The van der Waals surface area contributed by atoms with Gasteiger partial charge < -0.3 is 5.32 Å². The standard InChI is InChI=1S/C23H25N3O/c1-14-5-4-6-18-20(14)21(27)25-22-23(2,3)17-8-7-16(13-19(17)26(18)22)15-9-11-24-12-10-15/h4-8,13,15,24H,9-12H2,1-3H3. The highest BCUT2D eigenvalue weighted by atomic mass is 16.1. The van der Waals surface area contributed by atoms with Gasteiger partial charge in [0.15, 0.2) is 0 Å². The number of fused-ring (bicyclic) bond motifs is 5. The second-order valence-corrected chi connectivity index (χ2v) is 8.47. The minimum atomic E-state index is -0.279. The van der Waals surface area contributed by atoms with Gasteiger partial charge in [-0.25, -0.2) is 0 Å². The van der Waals surface area contributed by atoms with E-state index in [1.165, 1.54) is 29.7 Å². The predicted octanol–water partition coefficient (Wildman–Crippen LogP) is 3.80. The number of rotatable bonds is 1. The van der Waals surface area contributed by atoms with Crippen LogP contribution in [0.2, 0.25) is 0 Å². The topological polar surface area (TPSA) is 46.9 Å². The van der Waals surface area contributed by atoms with Crippen molar-refractivity contribution in [3.8, 4) is 5.69 Å². The number of hydrogen-bond donors (Lipinski definition) is 1. The zero-order chi connectivity index (χ0) is 18.8. The van der Waals surface area contributed by atoms with Crippen molar-refractivity contribution in [2.24, 2.45) is 0 Å². The predicted molar refractivity (Wildman–Crippen MR) is 109 cm³/mol. The fourth-order valence-corrected chi connectivity index (χ4v) is 4.89. The lowest BCUT2D eigenvalue weighted by atomic mass is 9.83. The number of piperidine rings is 1. The number of aromatic nitrogens is 2. The number of benzene rings is 2. The highest BCUT2D eigenvalue weighted by Gasteiger charge is 2.38. The van der Waals surface area contributed by atoms with Gasteiger partial charge in [0, 0.05) is 0 Å². The van der Waals surface area contributed by atoms with E-state index in [-0.39, 0.29) is 11.0 Å². The van der Waals surface area contributed by atoms with Crippen molar-refractivity contribution in [3.63, 3.8) is 0 Å². The van der Waals surface area contributed by atoms with Gasteiger partial charge >= 0.3 is 0 Å². The maximum atomic E-state index is 12.8. The fraction of sp³-hybridized carbons (Fsp3) is 0.391. The average molecular weight is 359 g/mol. The molecule has 0 radical (unpaired) electrons. The molecule has 138 valence electrons. The Morgan fingerprint density at radius 2 is 1.93 bits per heavy atom. The number of nitrogens with zero attached hydrogens (tertiary/aromatic N) is 2. The molecule has 0 bridgehead atoms. The first kappa shape index (κ1) is 16.7. The molecule has 1 aromatic heterocycles. The summed E-state index contributed by atoms with van der Waals surface area (Å²) < 4.78 is 2.23. The normalized spacial score (nSPS) is 18.5. The van der Waals surface area contributed by atoms with Gasteiger partial charge in [-0.2, -0.15) is 4.98 Å². The Bertz CT molecular complexity index is 1120. The van der Waals surface area contributed by atoms with Gasteiger partial charge in [0.25, 0.3) is 5.56 Å². The third kappa shape index (κ3) is 2.32. The van der Waals surface area contributed by atoms with Gasteiger partial charge in [-0.15, -0.1) is 0 Å². The molecule has 1 fully saturated rings. The minimum Gasteiger partial charge on any atom is -0.317 e. The van der Waals surface area contributed by atoms with Crippen LogP contribution in [0.15, 0.2) is 41.2 Å². The third-order valence-electron chi connectivity index (χ3n) is 6.43. The van der Waals surface area contributed by atoms with Crippen molar-refractivity contribution in [2.75, 3.05) is 13.1 Å².